The summed E-state index contributed by atoms with van der Waals surface area (Å²) < 4.78 is 2.16. The summed E-state index contributed by atoms with van der Waals surface area (Å²) >= 11 is 0. The van der Waals surface area contributed by atoms with Crippen LogP contribution in [-0.2, 0) is 6.54 Å². The number of nitrogens with zero attached hydrogens (tertiary/aromatic N) is 3. The molecule has 4 heteroatoms. The van der Waals surface area contributed by atoms with Crippen molar-refractivity contribution >= 4 is 11.3 Å². The van der Waals surface area contributed by atoms with Gasteiger partial charge in [0.25, 0.3) is 0 Å². The van der Waals surface area contributed by atoms with Crippen LogP contribution in [0, 0.1) is 0 Å². The largest absolute Gasteiger partial charge is 0.398 e. The van der Waals surface area contributed by atoms with Gasteiger partial charge >= 0.3 is 0 Å². The Kier molecular flexibility index (Phi) is 3.75. The molecule has 2 N–H and O–H groups in total. The van der Waals surface area contributed by atoms with Crippen molar-refractivity contribution in [1.82, 2.24) is 14.3 Å². The third-order valence-electron chi connectivity index (χ3n) is 4.61. The van der Waals surface area contributed by atoms with Crippen molar-refractivity contribution in [2.45, 2.75) is 25.8 Å². The number of anilines is 1. The Balaban J connectivity index is 1.82. The highest BCUT2D eigenvalue weighted by Crippen LogP contribution is 2.27. The Morgan fingerprint density at radius 2 is 1.74 bits per heavy atom. The van der Waals surface area contributed by atoms with Gasteiger partial charge in [-0.15, -0.1) is 0 Å². The van der Waals surface area contributed by atoms with E-state index in [9.17, 15) is 0 Å². The molecule has 0 radical (unpaired) electrons. The van der Waals surface area contributed by atoms with Crippen molar-refractivity contribution in [3.8, 4) is 11.3 Å². The van der Waals surface area contributed by atoms with Crippen LogP contribution < -0.4 is 5.73 Å². The number of pyridine rings is 1. The van der Waals surface area contributed by atoms with Crippen LogP contribution >= 0.6 is 0 Å². The van der Waals surface area contributed by atoms with Crippen molar-refractivity contribution in [3.05, 3.63) is 54.4 Å². The molecule has 1 aromatic carbocycles. The molecule has 23 heavy (non-hydrogen) atoms. The Morgan fingerprint density at radius 1 is 0.957 bits per heavy atom. The molecule has 1 saturated heterocycles. The summed E-state index contributed by atoms with van der Waals surface area (Å²) in [7, 11) is 0. The van der Waals surface area contributed by atoms with E-state index in [2.05, 4.69) is 33.6 Å². The zero-order valence-corrected chi connectivity index (χ0v) is 13.3. The molecule has 0 bridgehead atoms. The minimum atomic E-state index is 0.773. The summed E-state index contributed by atoms with van der Waals surface area (Å²) in [5.41, 5.74) is 11.2. The highest BCUT2D eigenvalue weighted by atomic mass is 15.2. The first-order valence-electron chi connectivity index (χ1n) is 8.35. The highest BCUT2D eigenvalue weighted by Gasteiger charge is 2.18. The number of nitrogen functional groups attached to an aromatic ring is 1. The van der Waals surface area contributed by atoms with Gasteiger partial charge in [-0.2, -0.15) is 0 Å². The number of aromatic nitrogens is 2. The Labute approximate surface area is 136 Å². The lowest BCUT2D eigenvalue weighted by atomic mass is 10.1. The van der Waals surface area contributed by atoms with Crippen molar-refractivity contribution in [1.29, 1.82) is 0 Å². The maximum atomic E-state index is 6.01. The number of benzene rings is 1. The highest BCUT2D eigenvalue weighted by molar-refractivity contribution is 5.67. The van der Waals surface area contributed by atoms with Gasteiger partial charge in [0, 0.05) is 24.0 Å². The first-order valence-corrected chi connectivity index (χ1v) is 8.35. The third kappa shape index (κ3) is 2.82. The second-order valence-corrected chi connectivity index (χ2v) is 6.30. The Hall–Kier alpha value is -2.33. The molecule has 2 aromatic heterocycles. The molecule has 0 amide bonds. The van der Waals surface area contributed by atoms with Crippen LogP contribution in [0.15, 0.2) is 48.7 Å². The van der Waals surface area contributed by atoms with Crippen LogP contribution in [0.5, 0.6) is 0 Å². The standard InChI is InChI=1S/C19H22N4/c20-16-9-10-18-21-19(15-7-3-1-4-8-15)17(23(18)13-16)14-22-11-5-2-6-12-22/h1,3-4,7-10,13H,2,5-6,11-12,14,20H2. The number of piperidine rings is 1. The van der Waals surface area contributed by atoms with Gasteiger partial charge in [0.2, 0.25) is 0 Å². The molecule has 0 spiro atoms. The first-order chi connectivity index (χ1) is 11.3. The molecule has 1 aliphatic heterocycles. The molecule has 0 aliphatic carbocycles. The van der Waals surface area contributed by atoms with Crippen molar-refractivity contribution in [2.24, 2.45) is 0 Å². The molecule has 4 nitrogen and oxygen atoms in total. The van der Waals surface area contributed by atoms with Gasteiger partial charge in [0.05, 0.1) is 11.4 Å². The minimum absolute atomic E-state index is 0.773. The topological polar surface area (TPSA) is 46.6 Å². The van der Waals surface area contributed by atoms with Crippen LogP contribution in [0.25, 0.3) is 16.9 Å². The fourth-order valence-corrected chi connectivity index (χ4v) is 3.42. The van der Waals surface area contributed by atoms with Crippen LogP contribution in [0.2, 0.25) is 0 Å². The molecule has 0 unspecified atom stereocenters. The maximum Gasteiger partial charge on any atom is 0.137 e. The monoisotopic (exact) mass is 306 g/mol. The summed E-state index contributed by atoms with van der Waals surface area (Å²) in [5, 5.41) is 0. The van der Waals surface area contributed by atoms with E-state index in [-0.39, 0.29) is 0 Å². The van der Waals surface area contributed by atoms with Crippen molar-refractivity contribution < 1.29 is 0 Å². The zero-order valence-electron chi connectivity index (χ0n) is 13.3. The second kappa shape index (κ2) is 6.05. The number of nitrogens with two attached hydrogens (primary N) is 1. The second-order valence-electron chi connectivity index (χ2n) is 6.30. The molecule has 0 atom stereocenters. The number of hydrogen-bond donors (Lipinski definition) is 1. The van der Waals surface area contributed by atoms with Crippen molar-refractivity contribution in [2.75, 3.05) is 18.8 Å². The molecule has 3 aromatic rings. The molecule has 118 valence electrons. The smallest absolute Gasteiger partial charge is 0.137 e. The molecule has 3 heterocycles. The molecule has 1 fully saturated rings. The van der Waals surface area contributed by atoms with Gasteiger partial charge in [-0.25, -0.2) is 4.98 Å². The van der Waals surface area contributed by atoms with E-state index in [0.717, 1.165) is 23.6 Å². The fraction of sp³-hybridized carbons (Fsp3) is 0.316. The quantitative estimate of drug-likeness (QED) is 0.804. The predicted octanol–water partition coefficient (Wildman–Crippen LogP) is 3.57. The number of likely N-dealkylation sites (tertiary alicyclic amines) is 1. The lowest BCUT2D eigenvalue weighted by molar-refractivity contribution is 0.218. The van der Waals surface area contributed by atoms with Crippen LogP contribution in [0.1, 0.15) is 25.0 Å². The van der Waals surface area contributed by atoms with E-state index in [4.69, 9.17) is 10.7 Å². The summed E-state index contributed by atoms with van der Waals surface area (Å²) in [5.74, 6) is 0. The number of rotatable bonds is 3. The van der Waals surface area contributed by atoms with Gasteiger partial charge in [-0.1, -0.05) is 36.8 Å². The average molecular weight is 306 g/mol. The normalized spacial score (nSPS) is 16.0. The van der Waals surface area contributed by atoms with E-state index in [0.29, 0.717) is 0 Å². The van der Waals surface area contributed by atoms with E-state index in [1.807, 2.05) is 24.4 Å². The third-order valence-corrected chi connectivity index (χ3v) is 4.61. The molecule has 4 rings (SSSR count). The Bertz CT molecular complexity index is 801. The first kappa shape index (κ1) is 14.3. The van der Waals surface area contributed by atoms with E-state index in [1.54, 1.807) is 0 Å². The van der Waals surface area contributed by atoms with Gasteiger partial charge in [0.1, 0.15) is 5.65 Å². The van der Waals surface area contributed by atoms with Gasteiger partial charge in [-0.3, -0.25) is 4.90 Å². The minimum Gasteiger partial charge on any atom is -0.398 e. The summed E-state index contributed by atoms with van der Waals surface area (Å²) in [6.45, 7) is 3.27. The summed E-state index contributed by atoms with van der Waals surface area (Å²) in [4.78, 5) is 7.40. The van der Waals surface area contributed by atoms with E-state index >= 15 is 0 Å². The summed E-state index contributed by atoms with van der Waals surface area (Å²) in [6.07, 6.45) is 5.93. The lowest BCUT2D eigenvalue weighted by Crippen LogP contribution is -2.29. The van der Waals surface area contributed by atoms with Crippen LogP contribution in [0.4, 0.5) is 5.69 Å². The van der Waals surface area contributed by atoms with E-state index < -0.39 is 0 Å². The summed E-state index contributed by atoms with van der Waals surface area (Å²) in [6, 6.07) is 14.4. The maximum absolute atomic E-state index is 6.01. The lowest BCUT2D eigenvalue weighted by Gasteiger charge is -2.26. The number of hydrogen-bond acceptors (Lipinski definition) is 3. The molecule has 0 saturated carbocycles. The van der Waals surface area contributed by atoms with Crippen molar-refractivity contribution in [3.63, 3.8) is 0 Å². The van der Waals surface area contributed by atoms with Gasteiger partial charge in [0.15, 0.2) is 0 Å². The zero-order chi connectivity index (χ0) is 15.6. The van der Waals surface area contributed by atoms with Gasteiger partial charge < -0.3 is 10.1 Å². The molecular formula is C19H22N4. The Morgan fingerprint density at radius 3 is 2.52 bits per heavy atom. The fourth-order valence-electron chi connectivity index (χ4n) is 3.42. The van der Waals surface area contributed by atoms with Gasteiger partial charge in [-0.05, 0) is 38.1 Å². The number of imidazole rings is 1. The van der Waals surface area contributed by atoms with E-state index in [1.165, 1.54) is 43.6 Å². The van der Waals surface area contributed by atoms with Crippen LogP contribution in [-0.4, -0.2) is 27.4 Å². The van der Waals surface area contributed by atoms with Crippen LogP contribution in [0.3, 0.4) is 0 Å². The molecule has 1 aliphatic rings. The average Bonchev–Trinajstić information content (AvgIpc) is 2.95. The predicted molar refractivity (Wildman–Crippen MR) is 94.2 cm³/mol. The number of fused-ring (bicyclic) bond motifs is 1. The molecular weight excluding hydrogens is 284 g/mol. The SMILES string of the molecule is Nc1ccc2nc(-c3ccccc3)c(CN3CCCCC3)n2c1.